The highest BCUT2D eigenvalue weighted by atomic mass is 31.2. The molecule has 280 valence electrons. The molecule has 0 bridgehead atoms. The summed E-state index contributed by atoms with van der Waals surface area (Å²) in [5.41, 5.74) is 3.04. The average molecular weight is 738 g/mol. The molecule has 0 unspecified atom stereocenters. The number of aromatic nitrogens is 3. The van der Waals surface area contributed by atoms with E-state index < -0.39 is 86.3 Å². The van der Waals surface area contributed by atoms with E-state index in [9.17, 15) is 24.1 Å². The smallest absolute Gasteiger partial charge is 0.459 e. The van der Waals surface area contributed by atoms with E-state index in [0.29, 0.717) is 5.52 Å². The van der Waals surface area contributed by atoms with Crippen LogP contribution in [-0.4, -0.2) is 87.0 Å². The Morgan fingerprint density at radius 2 is 1.71 bits per heavy atom. The Bertz CT molecular complexity index is 1730. The number of aliphatic hydroxyl groups is 1. The van der Waals surface area contributed by atoms with E-state index >= 15 is 4.39 Å². The first-order valence-corrected chi connectivity index (χ1v) is 17.8. The maximum absolute atomic E-state index is 15.7. The monoisotopic (exact) mass is 737 g/mol. The number of nitrogen functional groups attached to an aromatic ring is 1. The number of esters is 3. The minimum absolute atomic E-state index is 0.0633. The summed E-state index contributed by atoms with van der Waals surface area (Å²) in [6.07, 6.45) is -3.26. The molecule has 1 aromatic carbocycles. The van der Waals surface area contributed by atoms with Crippen LogP contribution in [0.4, 0.5) is 10.2 Å². The van der Waals surface area contributed by atoms with Crippen LogP contribution in [0.3, 0.4) is 0 Å². The quantitative estimate of drug-likeness (QED) is 0.109. The standard InChI is InChI=1S/C33H45FN5O11P/c1-19(2)29(40)47-26-25(23-13-14-24-28(35)36-18-37-39(23)24)49-33(15-34,27(26)48-30(41)20(3)4)17-46-51(44,50-22-11-9-8-10-12-22)38-21(5)31(42)45-16-32(6,7)43/h8-14,18-21,25-27,43H,15-17H2,1-7H3,(H,38,44)(H2,35,36,37)/t21-,25-,26-,27-,33+,51-/m0/s1. The number of nitrogens with two attached hydrogens (primary N) is 1. The van der Waals surface area contributed by atoms with E-state index in [-0.39, 0.29) is 23.9 Å². The number of benzene rings is 1. The molecule has 16 nitrogen and oxygen atoms in total. The first kappa shape index (κ1) is 39.6. The lowest BCUT2D eigenvalue weighted by Gasteiger charge is -2.34. The van der Waals surface area contributed by atoms with Crippen molar-refractivity contribution in [3.05, 3.63) is 54.5 Å². The van der Waals surface area contributed by atoms with Crippen molar-refractivity contribution >= 4 is 37.0 Å². The fourth-order valence-corrected chi connectivity index (χ4v) is 6.47. The molecular formula is C33H45FN5O11P. The van der Waals surface area contributed by atoms with E-state index in [1.807, 2.05) is 0 Å². The third-order valence-electron chi connectivity index (χ3n) is 7.66. The number of rotatable bonds is 16. The summed E-state index contributed by atoms with van der Waals surface area (Å²) in [5, 5.41) is 16.7. The van der Waals surface area contributed by atoms with Gasteiger partial charge in [0.1, 0.15) is 43.0 Å². The predicted octanol–water partition coefficient (Wildman–Crippen LogP) is 3.72. The van der Waals surface area contributed by atoms with Crippen molar-refractivity contribution < 1.29 is 56.4 Å². The normalized spacial score (nSPS) is 22.5. The van der Waals surface area contributed by atoms with E-state index in [0.717, 1.165) is 0 Å². The van der Waals surface area contributed by atoms with Crippen molar-refractivity contribution in [3.63, 3.8) is 0 Å². The summed E-state index contributed by atoms with van der Waals surface area (Å²) in [6.45, 7) is 7.81. The fourth-order valence-electron chi connectivity index (χ4n) is 4.92. The number of ether oxygens (including phenoxy) is 4. The minimum Gasteiger partial charge on any atom is -0.461 e. The van der Waals surface area contributed by atoms with Gasteiger partial charge < -0.3 is 34.3 Å². The number of nitrogens with zero attached hydrogens (tertiary/aromatic N) is 3. The van der Waals surface area contributed by atoms with Gasteiger partial charge in [0.15, 0.2) is 23.6 Å². The van der Waals surface area contributed by atoms with E-state index in [2.05, 4.69) is 15.2 Å². The van der Waals surface area contributed by atoms with Crippen LogP contribution in [0.25, 0.3) is 5.52 Å². The Morgan fingerprint density at radius 1 is 1.06 bits per heavy atom. The van der Waals surface area contributed by atoms with Gasteiger partial charge in [-0.1, -0.05) is 45.9 Å². The Labute approximate surface area is 294 Å². The van der Waals surface area contributed by atoms with E-state index in [4.69, 9.17) is 33.7 Å². The largest absolute Gasteiger partial charge is 0.461 e. The topological polar surface area (TPSA) is 212 Å². The highest BCUT2D eigenvalue weighted by Gasteiger charge is 2.62. The molecule has 0 spiro atoms. The number of nitrogens with one attached hydrogen (secondary N) is 1. The number of hydrogen-bond acceptors (Lipinski definition) is 14. The van der Waals surface area contributed by atoms with Crippen molar-refractivity contribution in [2.24, 2.45) is 11.8 Å². The lowest BCUT2D eigenvalue weighted by atomic mass is 9.95. The maximum Gasteiger partial charge on any atom is 0.459 e. The summed E-state index contributed by atoms with van der Waals surface area (Å²) in [6, 6.07) is 9.65. The molecule has 3 heterocycles. The molecule has 3 aromatic rings. The van der Waals surface area contributed by atoms with E-state index in [1.165, 1.54) is 43.7 Å². The van der Waals surface area contributed by atoms with Crippen molar-refractivity contribution in [2.45, 2.75) is 84.0 Å². The molecule has 0 radical (unpaired) electrons. The molecule has 0 aliphatic carbocycles. The molecule has 1 aliphatic heterocycles. The molecule has 0 saturated carbocycles. The first-order valence-electron chi connectivity index (χ1n) is 16.3. The van der Waals surface area contributed by atoms with Gasteiger partial charge in [-0.25, -0.2) is 18.5 Å². The zero-order valence-electron chi connectivity index (χ0n) is 29.5. The maximum atomic E-state index is 15.7. The lowest BCUT2D eigenvalue weighted by molar-refractivity contribution is -0.178. The summed E-state index contributed by atoms with van der Waals surface area (Å²) in [4.78, 5) is 43.0. The van der Waals surface area contributed by atoms with Gasteiger partial charge in [0.2, 0.25) is 0 Å². The SMILES string of the molecule is CC(C)C(=O)O[C@H]1[C@H](c2ccc3c(N)ncnn23)O[C@](CF)(CO[P@@](=O)(N[C@@H](C)C(=O)OCC(C)(C)O)Oc2ccccc2)[C@H]1OC(=O)C(C)C. The molecule has 4 N–H and O–H groups in total. The molecule has 51 heavy (non-hydrogen) atoms. The molecule has 2 aromatic heterocycles. The third kappa shape index (κ3) is 9.60. The van der Waals surface area contributed by atoms with Gasteiger partial charge in [-0.05, 0) is 45.0 Å². The Balaban J connectivity index is 1.77. The molecule has 18 heteroatoms. The summed E-state index contributed by atoms with van der Waals surface area (Å²) >= 11 is 0. The van der Waals surface area contributed by atoms with Crippen LogP contribution in [0, 0.1) is 11.8 Å². The number of para-hydroxylation sites is 1. The molecule has 6 atom stereocenters. The number of halogens is 1. The number of fused-ring (bicyclic) bond motifs is 1. The van der Waals surface area contributed by atoms with Gasteiger partial charge in [0.05, 0.1) is 29.7 Å². The lowest BCUT2D eigenvalue weighted by Crippen LogP contribution is -2.52. The van der Waals surface area contributed by atoms with Gasteiger partial charge in [-0.3, -0.25) is 18.9 Å². The van der Waals surface area contributed by atoms with Gasteiger partial charge in [-0.2, -0.15) is 10.2 Å². The summed E-state index contributed by atoms with van der Waals surface area (Å²) in [7, 11) is -4.64. The molecule has 4 rings (SSSR count). The number of alkyl halides is 1. The molecule has 1 saturated heterocycles. The third-order valence-corrected chi connectivity index (χ3v) is 9.29. The molecule has 1 aliphatic rings. The second-order valence-corrected chi connectivity index (χ2v) is 15.1. The highest BCUT2D eigenvalue weighted by Crippen LogP contribution is 2.50. The fraction of sp³-hybridized carbons (Fsp3) is 0.545. The summed E-state index contributed by atoms with van der Waals surface area (Å²) < 4.78 is 66.2. The van der Waals surface area contributed by atoms with Gasteiger partial charge in [-0.15, -0.1) is 0 Å². The average Bonchev–Trinajstić information content (AvgIpc) is 3.62. The highest BCUT2D eigenvalue weighted by molar-refractivity contribution is 7.52. The predicted molar refractivity (Wildman–Crippen MR) is 180 cm³/mol. The molecular weight excluding hydrogens is 692 g/mol. The summed E-state index contributed by atoms with van der Waals surface area (Å²) in [5.74, 6) is -3.54. The number of hydrogen-bond donors (Lipinski definition) is 3. The minimum atomic E-state index is -4.64. The van der Waals surface area contributed by atoms with Gasteiger partial charge in [0, 0.05) is 0 Å². The van der Waals surface area contributed by atoms with Crippen LogP contribution in [-0.2, 0) is 42.4 Å². The van der Waals surface area contributed by atoms with Crippen molar-refractivity contribution in [2.75, 3.05) is 25.6 Å². The van der Waals surface area contributed by atoms with Crippen molar-refractivity contribution in [3.8, 4) is 5.75 Å². The van der Waals surface area contributed by atoms with Crippen molar-refractivity contribution in [1.82, 2.24) is 19.7 Å². The molecule has 0 amide bonds. The zero-order valence-corrected chi connectivity index (χ0v) is 30.4. The van der Waals surface area contributed by atoms with Crippen LogP contribution >= 0.6 is 7.75 Å². The number of anilines is 1. The zero-order chi connectivity index (χ0) is 37.7. The number of carbonyl (C=O) groups excluding carboxylic acids is 3. The van der Waals surface area contributed by atoms with E-state index in [1.54, 1.807) is 58.0 Å². The first-order chi connectivity index (χ1) is 23.9. The second kappa shape index (κ2) is 16.0. The van der Waals surface area contributed by atoms with Gasteiger partial charge >= 0.3 is 25.7 Å². The van der Waals surface area contributed by atoms with Gasteiger partial charge in [0.25, 0.3) is 0 Å². The second-order valence-electron chi connectivity index (χ2n) is 13.5. The van der Waals surface area contributed by atoms with Crippen molar-refractivity contribution in [1.29, 1.82) is 0 Å². The van der Waals surface area contributed by atoms with Crippen LogP contribution in [0.15, 0.2) is 48.8 Å². The van der Waals surface area contributed by atoms with Crippen LogP contribution in [0.5, 0.6) is 5.75 Å². The van der Waals surface area contributed by atoms with Crippen LogP contribution in [0.1, 0.15) is 60.3 Å². The number of carbonyl (C=O) groups is 3. The van der Waals surface area contributed by atoms with Crippen LogP contribution in [0.2, 0.25) is 0 Å². The Kier molecular flexibility index (Phi) is 12.5. The van der Waals surface area contributed by atoms with Crippen LogP contribution < -0.4 is 15.3 Å². The Morgan fingerprint density at radius 3 is 2.31 bits per heavy atom. The Hall–Kier alpha value is -4.15. The molecule has 1 fully saturated rings.